The predicted octanol–water partition coefficient (Wildman–Crippen LogP) is 1.07. The second-order valence-electron chi connectivity index (χ2n) is 11.8. The number of rotatable bonds is 5. The molecule has 0 bridgehead atoms. The number of aromatic hydroxyl groups is 1. The lowest BCUT2D eigenvalue weighted by molar-refractivity contribution is -0.153. The highest BCUT2D eigenvalue weighted by molar-refractivity contribution is 6.38. The topological polar surface area (TPSA) is 206 Å². The average Bonchev–Trinajstić information content (AvgIpc) is 2.81. The lowest BCUT2D eigenvalue weighted by atomic mass is 9.58. The van der Waals surface area contributed by atoms with Gasteiger partial charge in [0.25, 0.3) is 5.91 Å². The number of aliphatic hydroxyl groups is 3. The van der Waals surface area contributed by atoms with E-state index in [-0.39, 0.29) is 41.7 Å². The van der Waals surface area contributed by atoms with Crippen molar-refractivity contribution in [2.24, 2.45) is 28.1 Å². The van der Waals surface area contributed by atoms with Crippen LogP contribution in [-0.2, 0) is 27.3 Å². The van der Waals surface area contributed by atoms with Gasteiger partial charge in [-0.3, -0.25) is 14.4 Å². The summed E-state index contributed by atoms with van der Waals surface area (Å²) in [5.74, 6) is -8.21. The molecule has 0 spiro atoms. The number of ketones is 2. The molecule has 0 heterocycles. The second-order valence-corrected chi connectivity index (χ2v) is 11.8. The molecule has 3 atom stereocenters. The number of hydrogen-bond acceptors (Lipinski definition) is 11. The largest absolute Gasteiger partial charge is 0.507 e. The van der Waals surface area contributed by atoms with E-state index in [1.54, 1.807) is 20.2 Å². The molecule has 12 heteroatoms. The Morgan fingerprint density at radius 2 is 1.82 bits per heavy atom. The number of fused-ring (bicyclic) bond motifs is 3. The Morgan fingerprint density at radius 3 is 2.36 bits per heavy atom. The molecule has 210 valence electrons. The summed E-state index contributed by atoms with van der Waals surface area (Å²) in [5, 5.41) is 60.5. The van der Waals surface area contributed by atoms with Crippen LogP contribution in [0.5, 0.6) is 5.75 Å². The number of Topliss-reactive ketones (excluding diaryl/α,β-unsaturated/α-hetero) is 2. The van der Waals surface area contributed by atoms with E-state index in [0.717, 1.165) is 0 Å². The molecule has 39 heavy (non-hydrogen) atoms. The molecule has 12 nitrogen and oxygen atoms in total. The van der Waals surface area contributed by atoms with Crippen molar-refractivity contribution >= 4 is 34.6 Å². The highest BCUT2D eigenvalue weighted by atomic mass is 16.4. The zero-order valence-electron chi connectivity index (χ0n) is 22.5. The SMILES string of the molecule is CN(C)c1cc(CNCC(C)(C)C)c(O)c2c1C[C@H]1C[C@H]3/C(=N/O)C(O)=C(C(N)=O)C(=O)[C@@]3(O)C(=O)C1=C2O. The van der Waals surface area contributed by atoms with Gasteiger partial charge in [-0.15, -0.1) is 0 Å². The molecule has 1 fully saturated rings. The minimum absolute atomic E-state index is 0.0169. The van der Waals surface area contributed by atoms with Gasteiger partial charge in [0.2, 0.25) is 11.6 Å². The maximum absolute atomic E-state index is 13.8. The number of hydrogen-bond donors (Lipinski definition) is 7. The number of phenols is 1. The third kappa shape index (κ3) is 4.23. The summed E-state index contributed by atoms with van der Waals surface area (Å²) in [5.41, 5.74) is 1.96. The quantitative estimate of drug-likeness (QED) is 0.122. The van der Waals surface area contributed by atoms with Gasteiger partial charge in [-0.05, 0) is 35.8 Å². The summed E-state index contributed by atoms with van der Waals surface area (Å²) in [4.78, 5) is 40.7. The van der Waals surface area contributed by atoms with Crippen LogP contribution in [0.4, 0.5) is 5.69 Å². The molecular weight excluding hydrogens is 508 g/mol. The third-order valence-electron chi connectivity index (χ3n) is 7.62. The number of aliphatic hydroxyl groups excluding tert-OH is 2. The number of carbonyl (C=O) groups excluding carboxylic acids is 3. The summed E-state index contributed by atoms with van der Waals surface area (Å²) in [6.07, 6.45) is -0.0608. The van der Waals surface area contributed by atoms with Gasteiger partial charge < -0.3 is 41.6 Å². The summed E-state index contributed by atoms with van der Waals surface area (Å²) >= 11 is 0. The summed E-state index contributed by atoms with van der Waals surface area (Å²) in [6, 6.07) is 1.79. The number of amides is 1. The maximum atomic E-state index is 13.8. The molecule has 0 unspecified atom stereocenters. The molecule has 0 radical (unpaired) electrons. The monoisotopic (exact) mass is 542 g/mol. The van der Waals surface area contributed by atoms with Gasteiger partial charge in [0, 0.05) is 44.0 Å². The van der Waals surface area contributed by atoms with E-state index in [9.17, 15) is 40.0 Å². The van der Waals surface area contributed by atoms with Crippen LogP contribution in [0.2, 0.25) is 0 Å². The van der Waals surface area contributed by atoms with Crippen molar-refractivity contribution in [3.05, 3.63) is 39.7 Å². The fourth-order valence-electron chi connectivity index (χ4n) is 5.82. The molecule has 0 aliphatic heterocycles. The number of primary amides is 1. The van der Waals surface area contributed by atoms with Crippen LogP contribution in [0.25, 0.3) is 5.76 Å². The molecular formula is C27H34N4O8. The molecule has 3 aliphatic rings. The highest BCUT2D eigenvalue weighted by Gasteiger charge is 2.64. The van der Waals surface area contributed by atoms with Crippen molar-refractivity contribution in [1.82, 2.24) is 5.32 Å². The van der Waals surface area contributed by atoms with Crippen LogP contribution >= 0.6 is 0 Å². The van der Waals surface area contributed by atoms with Crippen LogP contribution in [-0.4, -0.2) is 75.1 Å². The van der Waals surface area contributed by atoms with Crippen LogP contribution < -0.4 is 16.0 Å². The molecule has 8 N–H and O–H groups in total. The Kier molecular flexibility index (Phi) is 6.76. The molecule has 0 saturated heterocycles. The number of nitrogens with one attached hydrogen (secondary N) is 1. The van der Waals surface area contributed by atoms with Crippen LogP contribution in [0, 0.1) is 17.3 Å². The number of anilines is 1. The maximum Gasteiger partial charge on any atom is 0.256 e. The minimum atomic E-state index is -2.96. The summed E-state index contributed by atoms with van der Waals surface area (Å²) in [6.45, 7) is 7.07. The van der Waals surface area contributed by atoms with E-state index in [4.69, 9.17) is 5.73 Å². The Labute approximate surface area is 225 Å². The van der Waals surface area contributed by atoms with Crippen LogP contribution in [0.15, 0.2) is 28.1 Å². The Hall–Kier alpha value is -3.90. The van der Waals surface area contributed by atoms with Crippen LogP contribution in [0.3, 0.4) is 0 Å². The van der Waals surface area contributed by atoms with Gasteiger partial charge in [-0.1, -0.05) is 25.9 Å². The van der Waals surface area contributed by atoms with E-state index < -0.39 is 57.7 Å². The van der Waals surface area contributed by atoms with E-state index in [2.05, 4.69) is 31.2 Å². The fraction of sp³-hybridized carbons (Fsp3) is 0.481. The van der Waals surface area contributed by atoms with Gasteiger partial charge in [0.05, 0.1) is 11.5 Å². The molecule has 1 aromatic carbocycles. The third-order valence-corrected chi connectivity index (χ3v) is 7.62. The molecule has 0 aromatic heterocycles. The van der Waals surface area contributed by atoms with E-state index >= 15 is 0 Å². The van der Waals surface area contributed by atoms with Crippen molar-refractivity contribution in [3.63, 3.8) is 0 Å². The fourth-order valence-corrected chi connectivity index (χ4v) is 5.82. The van der Waals surface area contributed by atoms with Gasteiger partial charge in [-0.2, -0.15) is 0 Å². The zero-order valence-corrected chi connectivity index (χ0v) is 22.5. The lowest BCUT2D eigenvalue weighted by Gasteiger charge is -2.45. The predicted molar refractivity (Wildman–Crippen MR) is 141 cm³/mol. The first kappa shape index (κ1) is 28.1. The van der Waals surface area contributed by atoms with Crippen LogP contribution in [0.1, 0.15) is 43.9 Å². The van der Waals surface area contributed by atoms with Crippen molar-refractivity contribution in [1.29, 1.82) is 0 Å². The Morgan fingerprint density at radius 1 is 1.18 bits per heavy atom. The highest BCUT2D eigenvalue weighted by Crippen LogP contribution is 2.52. The van der Waals surface area contributed by atoms with Crippen molar-refractivity contribution in [2.45, 2.75) is 45.8 Å². The second kappa shape index (κ2) is 9.38. The number of benzene rings is 1. The standard InChI is InChI=1S/C27H34N4O8/c1-26(2,3)10-29-9-12-8-15(31(4)5)13-6-11-7-14-19(30-39)22(34)18(25(28)37)24(36)27(14,38)23(35)16(11)21(33)17(13)20(12)32/h8,11,14,29,32-34,38-39H,6-7,9-10H2,1-5H3,(H2,28,37)/b30-19-/t11-,14-,27-/m0/s1. The normalized spacial score (nSPS) is 25.9. The lowest BCUT2D eigenvalue weighted by Crippen LogP contribution is -2.64. The van der Waals surface area contributed by atoms with Gasteiger partial charge in [-0.25, -0.2) is 0 Å². The first-order valence-electron chi connectivity index (χ1n) is 12.5. The number of nitrogens with zero attached hydrogens (tertiary/aromatic N) is 2. The molecule has 1 saturated carbocycles. The van der Waals surface area contributed by atoms with E-state index in [1.807, 2.05) is 4.90 Å². The molecule has 3 aliphatic carbocycles. The Balaban J connectivity index is 1.90. The minimum Gasteiger partial charge on any atom is -0.507 e. The summed E-state index contributed by atoms with van der Waals surface area (Å²) < 4.78 is 0. The van der Waals surface area contributed by atoms with Gasteiger partial charge in [0.1, 0.15) is 22.8 Å². The average molecular weight is 543 g/mol. The van der Waals surface area contributed by atoms with E-state index in [1.165, 1.54) is 0 Å². The van der Waals surface area contributed by atoms with E-state index in [0.29, 0.717) is 23.4 Å². The summed E-state index contributed by atoms with van der Waals surface area (Å²) in [7, 11) is 3.59. The van der Waals surface area contributed by atoms with Crippen molar-refractivity contribution in [2.75, 3.05) is 25.5 Å². The van der Waals surface area contributed by atoms with Crippen molar-refractivity contribution in [3.8, 4) is 5.75 Å². The molecule has 4 rings (SSSR count). The first-order chi connectivity index (χ1) is 18.1. The smallest absolute Gasteiger partial charge is 0.256 e. The molecule has 1 amide bonds. The number of oxime groups is 1. The first-order valence-corrected chi connectivity index (χ1v) is 12.5. The van der Waals surface area contributed by atoms with Crippen molar-refractivity contribution < 1.29 is 40.0 Å². The number of phenolic OH excluding ortho intramolecular Hbond substituents is 1. The molecule has 1 aromatic rings. The number of nitrogens with two attached hydrogens (primary N) is 1. The van der Waals surface area contributed by atoms with Gasteiger partial charge >= 0.3 is 0 Å². The number of carbonyl (C=O) groups is 3. The zero-order chi connectivity index (χ0) is 29.2. The Bertz CT molecular complexity index is 1380. The van der Waals surface area contributed by atoms with Gasteiger partial charge in [0.15, 0.2) is 11.4 Å². The number of allylic oxidation sites excluding steroid dienone is 1.